The van der Waals surface area contributed by atoms with Crippen LogP contribution in [0.25, 0.3) is 0 Å². The Labute approximate surface area is 81.9 Å². The van der Waals surface area contributed by atoms with Gasteiger partial charge in [-0.15, -0.1) is 0 Å². The Morgan fingerprint density at radius 1 is 1.31 bits per heavy atom. The predicted octanol–water partition coefficient (Wildman–Crippen LogP) is 3.14. The van der Waals surface area contributed by atoms with Crippen molar-refractivity contribution >= 4 is 0 Å². The summed E-state index contributed by atoms with van der Waals surface area (Å²) in [6.45, 7) is 4.48. The fraction of sp³-hybridized carbons (Fsp3) is 0.833. The minimum absolute atomic E-state index is 0.0695. The molecule has 13 heavy (non-hydrogen) atoms. The molecule has 76 valence electrons. The third-order valence-corrected chi connectivity index (χ3v) is 3.33. The fourth-order valence-electron chi connectivity index (χ4n) is 2.16. The monoisotopic (exact) mass is 182 g/mol. The Balaban J connectivity index is 2.53. The van der Waals surface area contributed by atoms with E-state index in [0.29, 0.717) is 11.8 Å². The molecular weight excluding hydrogens is 160 g/mol. The molecule has 1 heteroatoms. The van der Waals surface area contributed by atoms with Gasteiger partial charge in [0, 0.05) is 0 Å². The van der Waals surface area contributed by atoms with E-state index in [2.05, 4.69) is 26.0 Å². The minimum Gasteiger partial charge on any atom is -0.393 e. The first kappa shape index (κ1) is 10.8. The van der Waals surface area contributed by atoms with Crippen LogP contribution in [0.4, 0.5) is 0 Å². The molecule has 0 radical (unpaired) electrons. The zero-order valence-electron chi connectivity index (χ0n) is 8.87. The Bertz CT molecular complexity index is 163. The summed E-state index contributed by atoms with van der Waals surface area (Å²) >= 11 is 0. The zero-order chi connectivity index (χ0) is 9.68. The lowest BCUT2D eigenvalue weighted by Gasteiger charge is -2.28. The third kappa shape index (κ3) is 3.15. The van der Waals surface area contributed by atoms with E-state index in [1.807, 2.05) is 0 Å². The van der Waals surface area contributed by atoms with Crippen LogP contribution in [0.2, 0.25) is 0 Å². The standard InChI is InChI=1S/C12H22O/c1-3-10(2)11-8-6-4-5-7-9-12(11)13/h4-5,10-13H,3,6-9H2,1-2H3/b5-4-/t10?,11-,12+/m0/s1. The van der Waals surface area contributed by atoms with Gasteiger partial charge in [-0.2, -0.15) is 0 Å². The second-order valence-electron chi connectivity index (χ2n) is 4.24. The van der Waals surface area contributed by atoms with Crippen molar-refractivity contribution in [3.05, 3.63) is 12.2 Å². The fourth-order valence-corrected chi connectivity index (χ4v) is 2.16. The van der Waals surface area contributed by atoms with Gasteiger partial charge in [0.05, 0.1) is 6.10 Å². The lowest BCUT2D eigenvalue weighted by molar-refractivity contribution is 0.0627. The molecule has 0 heterocycles. The molecule has 1 nitrogen and oxygen atoms in total. The van der Waals surface area contributed by atoms with Gasteiger partial charge in [-0.3, -0.25) is 0 Å². The van der Waals surface area contributed by atoms with Crippen molar-refractivity contribution in [2.45, 2.75) is 52.1 Å². The van der Waals surface area contributed by atoms with Crippen LogP contribution in [0.15, 0.2) is 12.2 Å². The average molecular weight is 182 g/mol. The summed E-state index contributed by atoms with van der Waals surface area (Å²) < 4.78 is 0. The van der Waals surface area contributed by atoms with Crippen LogP contribution in [0.3, 0.4) is 0 Å². The summed E-state index contributed by atoms with van der Waals surface area (Å²) in [5.74, 6) is 1.19. The van der Waals surface area contributed by atoms with Crippen LogP contribution in [0, 0.1) is 11.8 Å². The molecule has 1 unspecified atom stereocenters. The summed E-state index contributed by atoms with van der Waals surface area (Å²) in [6, 6.07) is 0. The van der Waals surface area contributed by atoms with E-state index in [4.69, 9.17) is 0 Å². The van der Waals surface area contributed by atoms with Gasteiger partial charge in [0.2, 0.25) is 0 Å². The molecule has 0 aromatic heterocycles. The summed E-state index contributed by atoms with van der Waals surface area (Å²) in [5.41, 5.74) is 0. The number of aliphatic hydroxyl groups is 1. The molecule has 1 N–H and O–H groups in total. The molecule has 1 aliphatic carbocycles. The van der Waals surface area contributed by atoms with Gasteiger partial charge in [-0.1, -0.05) is 32.4 Å². The first-order valence-electron chi connectivity index (χ1n) is 5.58. The van der Waals surface area contributed by atoms with Crippen molar-refractivity contribution in [1.82, 2.24) is 0 Å². The van der Waals surface area contributed by atoms with Crippen LogP contribution in [-0.4, -0.2) is 11.2 Å². The smallest absolute Gasteiger partial charge is 0.0574 e. The lowest BCUT2D eigenvalue weighted by Crippen LogP contribution is -2.26. The highest BCUT2D eigenvalue weighted by molar-refractivity contribution is 4.88. The van der Waals surface area contributed by atoms with Gasteiger partial charge >= 0.3 is 0 Å². The molecule has 0 spiro atoms. The van der Waals surface area contributed by atoms with Gasteiger partial charge in [-0.25, -0.2) is 0 Å². The van der Waals surface area contributed by atoms with Crippen LogP contribution >= 0.6 is 0 Å². The Hall–Kier alpha value is -0.300. The van der Waals surface area contributed by atoms with E-state index in [1.165, 1.54) is 6.42 Å². The maximum absolute atomic E-state index is 9.94. The maximum Gasteiger partial charge on any atom is 0.0574 e. The van der Waals surface area contributed by atoms with Crippen molar-refractivity contribution in [3.8, 4) is 0 Å². The van der Waals surface area contributed by atoms with E-state index in [0.717, 1.165) is 25.7 Å². The van der Waals surface area contributed by atoms with Crippen LogP contribution in [-0.2, 0) is 0 Å². The van der Waals surface area contributed by atoms with Crippen LogP contribution < -0.4 is 0 Å². The Morgan fingerprint density at radius 3 is 2.54 bits per heavy atom. The van der Waals surface area contributed by atoms with Gasteiger partial charge < -0.3 is 5.11 Å². The number of aliphatic hydroxyl groups excluding tert-OH is 1. The van der Waals surface area contributed by atoms with Gasteiger partial charge in [0.15, 0.2) is 0 Å². The second-order valence-corrected chi connectivity index (χ2v) is 4.24. The number of allylic oxidation sites excluding steroid dienone is 2. The molecule has 0 amide bonds. The minimum atomic E-state index is -0.0695. The SMILES string of the molecule is CCC(C)[C@@H]1CC/C=C\CC[C@H]1O. The highest BCUT2D eigenvalue weighted by Crippen LogP contribution is 2.28. The van der Waals surface area contributed by atoms with Crippen LogP contribution in [0.1, 0.15) is 46.0 Å². The van der Waals surface area contributed by atoms with Crippen molar-refractivity contribution in [2.24, 2.45) is 11.8 Å². The predicted molar refractivity (Wildman–Crippen MR) is 56.6 cm³/mol. The molecule has 0 saturated heterocycles. The summed E-state index contributed by atoms with van der Waals surface area (Å²) in [6.07, 6.45) is 9.89. The van der Waals surface area contributed by atoms with Crippen LogP contribution in [0.5, 0.6) is 0 Å². The molecule has 0 aromatic carbocycles. The quantitative estimate of drug-likeness (QED) is 0.650. The first-order valence-corrected chi connectivity index (χ1v) is 5.58. The topological polar surface area (TPSA) is 20.2 Å². The molecule has 0 bridgehead atoms. The van der Waals surface area contributed by atoms with E-state index in [9.17, 15) is 5.11 Å². The largest absolute Gasteiger partial charge is 0.393 e. The van der Waals surface area contributed by atoms with Crippen molar-refractivity contribution in [1.29, 1.82) is 0 Å². The maximum atomic E-state index is 9.94. The number of rotatable bonds is 2. The highest BCUT2D eigenvalue weighted by atomic mass is 16.3. The van der Waals surface area contributed by atoms with Crippen molar-refractivity contribution in [3.63, 3.8) is 0 Å². The highest BCUT2D eigenvalue weighted by Gasteiger charge is 2.23. The Kier molecular flexibility index (Phi) is 4.51. The zero-order valence-corrected chi connectivity index (χ0v) is 8.87. The van der Waals surface area contributed by atoms with E-state index >= 15 is 0 Å². The summed E-state index contributed by atoms with van der Waals surface area (Å²) in [4.78, 5) is 0. The van der Waals surface area contributed by atoms with E-state index in [-0.39, 0.29) is 6.10 Å². The normalized spacial score (nSPS) is 34.7. The number of hydrogen-bond donors (Lipinski definition) is 1. The van der Waals surface area contributed by atoms with Gasteiger partial charge in [-0.05, 0) is 37.5 Å². The molecular formula is C12H22O. The average Bonchev–Trinajstić information content (AvgIpc) is 2.11. The van der Waals surface area contributed by atoms with Crippen molar-refractivity contribution < 1.29 is 5.11 Å². The summed E-state index contributed by atoms with van der Waals surface area (Å²) in [7, 11) is 0. The lowest BCUT2D eigenvalue weighted by atomic mass is 9.81. The molecule has 1 aliphatic rings. The van der Waals surface area contributed by atoms with Gasteiger partial charge in [0.25, 0.3) is 0 Å². The molecule has 0 fully saturated rings. The molecule has 0 aliphatic heterocycles. The van der Waals surface area contributed by atoms with E-state index in [1.54, 1.807) is 0 Å². The molecule has 0 aromatic rings. The second kappa shape index (κ2) is 5.43. The molecule has 1 rings (SSSR count). The van der Waals surface area contributed by atoms with Gasteiger partial charge in [0.1, 0.15) is 0 Å². The van der Waals surface area contributed by atoms with Crippen molar-refractivity contribution in [2.75, 3.05) is 0 Å². The summed E-state index contributed by atoms with van der Waals surface area (Å²) in [5, 5.41) is 9.94. The number of hydrogen-bond acceptors (Lipinski definition) is 1. The van der Waals surface area contributed by atoms with E-state index < -0.39 is 0 Å². The molecule has 0 saturated carbocycles. The first-order chi connectivity index (χ1) is 6.25. The molecule has 3 atom stereocenters. The third-order valence-electron chi connectivity index (χ3n) is 3.33. The Morgan fingerprint density at radius 2 is 1.92 bits per heavy atom.